The predicted molar refractivity (Wildman–Crippen MR) is 120 cm³/mol. The summed E-state index contributed by atoms with van der Waals surface area (Å²) in [6.07, 6.45) is 2.48. The fourth-order valence-electron chi connectivity index (χ4n) is 6.39. The maximum Gasteiger partial charge on any atom is -1.00 e. The first-order valence-electron chi connectivity index (χ1n) is 10.8. The molecule has 2 aromatic carbocycles. The minimum Gasteiger partial charge on any atom is -1.00 e. The molecular weight excluding hydrogens is 503 g/mol. The summed E-state index contributed by atoms with van der Waals surface area (Å²) in [6.45, 7) is 14.9. The summed E-state index contributed by atoms with van der Waals surface area (Å²) < 4.78 is 1.56. The topological polar surface area (TPSA) is 0 Å². The predicted octanol–water partition coefficient (Wildman–Crippen LogP) is 1.33. The Morgan fingerprint density at radius 3 is 1.50 bits per heavy atom. The number of hydrogen-bond donors (Lipinski definition) is 0. The van der Waals surface area contributed by atoms with Gasteiger partial charge in [-0.05, 0) is 0 Å². The largest absolute Gasteiger partial charge is 1.00 e. The van der Waals surface area contributed by atoms with E-state index in [9.17, 15) is 0 Å². The molecule has 0 saturated heterocycles. The Kier molecular flexibility index (Phi) is 6.88. The second-order valence-corrected chi connectivity index (χ2v) is 17.2. The average Bonchev–Trinajstić information content (AvgIpc) is 3.18. The Hall–Kier alpha value is -0.400. The molecule has 0 nitrogen and oxygen atoms in total. The van der Waals surface area contributed by atoms with Crippen molar-refractivity contribution in [1.29, 1.82) is 0 Å². The van der Waals surface area contributed by atoms with Gasteiger partial charge in [-0.25, -0.2) is 0 Å². The molecule has 1 heterocycles. The molecule has 0 aromatic heterocycles. The van der Waals surface area contributed by atoms with E-state index in [1.807, 2.05) is 21.5 Å². The molecule has 5 rings (SSSR count). The third-order valence-corrected chi connectivity index (χ3v) is 15.9. The van der Waals surface area contributed by atoms with Gasteiger partial charge in [0, 0.05) is 0 Å². The second kappa shape index (κ2) is 8.51. The molecule has 0 spiro atoms. The van der Waals surface area contributed by atoms with Gasteiger partial charge in [-0.15, -0.1) is 0 Å². The van der Waals surface area contributed by atoms with Gasteiger partial charge in [-0.2, -0.15) is 0 Å². The van der Waals surface area contributed by atoms with E-state index in [0.717, 1.165) is 7.25 Å². The minimum atomic E-state index is -1.80. The summed E-state index contributed by atoms with van der Waals surface area (Å²) in [6, 6.07) is 14.3. The van der Waals surface area contributed by atoms with Crippen molar-refractivity contribution >= 4 is 18.5 Å². The molecule has 4 heteroatoms. The molecule has 3 aliphatic rings. The fraction of sp³-hybridized carbons (Fsp3) is 0.385. The molecule has 0 N–H and O–H groups in total. The number of aryl methyl sites for hydroxylation is 2. The number of allylic oxidation sites excluding steroid dienone is 2. The summed E-state index contributed by atoms with van der Waals surface area (Å²) in [5, 5.41) is 3.65. The monoisotopic (exact) mass is 530 g/mol. The number of hydrogen-bond acceptors (Lipinski definition) is 0. The first-order chi connectivity index (χ1) is 13.4. The molecule has 2 atom stereocenters. The van der Waals surface area contributed by atoms with Gasteiger partial charge in [0.1, 0.15) is 0 Å². The zero-order valence-corrected chi connectivity index (χ0v) is 23.8. The maximum atomic E-state index is 2.66. The van der Waals surface area contributed by atoms with Gasteiger partial charge in [-0.1, -0.05) is 0 Å². The van der Waals surface area contributed by atoms with Crippen molar-refractivity contribution in [1.82, 2.24) is 0 Å². The van der Waals surface area contributed by atoms with E-state index in [2.05, 4.69) is 77.2 Å². The normalized spacial score (nSPS) is 22.1. The molecule has 0 amide bonds. The first-order valence-corrected chi connectivity index (χ1v) is 16.7. The zero-order chi connectivity index (χ0) is 19.8. The van der Waals surface area contributed by atoms with Gasteiger partial charge in [0.05, 0.1) is 0 Å². The van der Waals surface area contributed by atoms with Crippen LogP contribution < -0.4 is 24.8 Å². The van der Waals surface area contributed by atoms with Gasteiger partial charge in [0.25, 0.3) is 0 Å². The molecular formula is C26H30Cl2SiZr. The van der Waals surface area contributed by atoms with Gasteiger partial charge in [-0.3, -0.25) is 0 Å². The fourth-order valence-corrected chi connectivity index (χ4v) is 17.1. The molecule has 2 unspecified atom stereocenters. The van der Waals surface area contributed by atoms with E-state index >= 15 is 0 Å². The number of fused-ring (bicyclic) bond motifs is 8. The van der Waals surface area contributed by atoms with Crippen molar-refractivity contribution < 1.29 is 48.0 Å². The van der Waals surface area contributed by atoms with Gasteiger partial charge in [0.15, 0.2) is 0 Å². The SMILES string of the molecule is CCC1=C2c3c(C)cccc3[CH]1[Zr+2][CH]1C(CC)=C(c3c(C)cccc31)[Si]2(C)C.[Cl-].[Cl-]. The smallest absolute Gasteiger partial charge is 1.00 e. The second-order valence-electron chi connectivity index (χ2n) is 9.24. The van der Waals surface area contributed by atoms with Crippen LogP contribution in [0.25, 0.3) is 10.4 Å². The summed E-state index contributed by atoms with van der Waals surface area (Å²) in [5.74, 6) is 0. The zero-order valence-electron chi connectivity index (χ0n) is 18.8. The van der Waals surface area contributed by atoms with Crippen LogP contribution in [0.15, 0.2) is 47.5 Å². The first kappa shape index (κ1) is 24.2. The Bertz CT molecular complexity index is 997. The average molecular weight is 533 g/mol. The van der Waals surface area contributed by atoms with Gasteiger partial charge in [0.2, 0.25) is 0 Å². The Morgan fingerprint density at radius 2 is 1.13 bits per heavy atom. The quantitative estimate of drug-likeness (QED) is 0.512. The van der Waals surface area contributed by atoms with Crippen LogP contribution in [0.4, 0.5) is 0 Å². The maximum absolute atomic E-state index is 2.66. The Morgan fingerprint density at radius 1 is 0.733 bits per heavy atom. The molecule has 0 fully saturated rings. The summed E-state index contributed by atoms with van der Waals surface area (Å²) in [5.41, 5.74) is 13.5. The van der Waals surface area contributed by atoms with Crippen LogP contribution in [0, 0.1) is 13.8 Å². The van der Waals surface area contributed by atoms with Crippen LogP contribution in [0.3, 0.4) is 0 Å². The Labute approximate surface area is 207 Å². The number of benzene rings is 2. The standard InChI is InChI=1S/C26H30Si.2ClH.Zr/c1-7-19-15-21-13-9-11-17(3)23(21)25(19)27(5,6)26-20(8-2)16-22-14-10-12-18(4)24(22)26;;;/h9-16H,7-8H2,1-6H3;2*1H;/q;;;+2/p-2. The number of halogens is 2. The van der Waals surface area contributed by atoms with Crippen LogP contribution >= 0.6 is 0 Å². The molecule has 2 aromatic rings. The van der Waals surface area contributed by atoms with E-state index in [0.29, 0.717) is 0 Å². The van der Waals surface area contributed by atoms with Crippen molar-refractivity contribution in [2.45, 2.75) is 60.9 Å². The molecule has 0 radical (unpaired) electrons. The van der Waals surface area contributed by atoms with E-state index in [1.165, 1.54) is 24.0 Å². The van der Waals surface area contributed by atoms with Crippen molar-refractivity contribution in [3.63, 3.8) is 0 Å². The molecule has 1 aliphatic heterocycles. The van der Waals surface area contributed by atoms with Crippen molar-refractivity contribution in [2.24, 2.45) is 0 Å². The summed E-state index contributed by atoms with van der Waals surface area (Å²) in [7, 11) is -1.80. The third-order valence-electron chi connectivity index (χ3n) is 7.42. The molecule has 0 saturated carbocycles. The minimum absolute atomic E-state index is 0. The van der Waals surface area contributed by atoms with Crippen LogP contribution in [0.1, 0.15) is 67.3 Å². The van der Waals surface area contributed by atoms with Crippen LogP contribution in [-0.4, -0.2) is 8.07 Å². The summed E-state index contributed by atoms with van der Waals surface area (Å²) in [4.78, 5) is 0. The van der Waals surface area contributed by atoms with Gasteiger partial charge >= 0.3 is 184 Å². The Balaban J connectivity index is 0.00000128. The van der Waals surface area contributed by atoms with E-state index in [4.69, 9.17) is 0 Å². The van der Waals surface area contributed by atoms with Gasteiger partial charge < -0.3 is 24.8 Å². The number of rotatable bonds is 2. The molecule has 30 heavy (non-hydrogen) atoms. The molecule has 2 aliphatic carbocycles. The third kappa shape index (κ3) is 3.08. The van der Waals surface area contributed by atoms with Crippen LogP contribution in [0.5, 0.6) is 0 Å². The van der Waals surface area contributed by atoms with Crippen LogP contribution in [0.2, 0.25) is 13.1 Å². The van der Waals surface area contributed by atoms with Crippen molar-refractivity contribution in [3.8, 4) is 0 Å². The summed E-state index contributed by atoms with van der Waals surface area (Å²) >= 11 is -0.705. The molecule has 156 valence electrons. The van der Waals surface area contributed by atoms with E-state index in [-0.39, 0.29) is 24.8 Å². The van der Waals surface area contributed by atoms with E-state index < -0.39 is 31.3 Å². The van der Waals surface area contributed by atoms with Crippen LogP contribution in [-0.2, 0) is 23.2 Å². The van der Waals surface area contributed by atoms with E-state index in [1.54, 1.807) is 22.3 Å². The van der Waals surface area contributed by atoms with Crippen molar-refractivity contribution in [3.05, 3.63) is 80.9 Å². The van der Waals surface area contributed by atoms with Crippen molar-refractivity contribution in [2.75, 3.05) is 0 Å². The molecule has 4 bridgehead atoms.